The van der Waals surface area contributed by atoms with Crippen LogP contribution in [0.5, 0.6) is 0 Å². The van der Waals surface area contributed by atoms with Crippen molar-refractivity contribution in [3.8, 4) is 0 Å². The number of nitrogens with one attached hydrogen (secondary N) is 2. The maximum atomic E-state index is 11.8. The highest BCUT2D eigenvalue weighted by molar-refractivity contribution is 8.01. The van der Waals surface area contributed by atoms with Crippen LogP contribution in [-0.4, -0.2) is 22.0 Å². The van der Waals surface area contributed by atoms with Crippen LogP contribution in [0.3, 0.4) is 0 Å². The molecule has 0 saturated carbocycles. The van der Waals surface area contributed by atoms with Crippen LogP contribution >= 0.6 is 34.7 Å². The number of thioether (sulfide) groups is 1. The summed E-state index contributed by atoms with van der Waals surface area (Å²) in [4.78, 5) is 11.8. The minimum absolute atomic E-state index is 0.367. The molecule has 8 heteroatoms. The van der Waals surface area contributed by atoms with Crippen LogP contribution in [0.25, 0.3) is 0 Å². The van der Waals surface area contributed by atoms with Gasteiger partial charge in [0.15, 0.2) is 4.34 Å². The van der Waals surface area contributed by atoms with E-state index < -0.39 is 0 Å². The fraction of sp³-hybridized carbons (Fsp3) is 0.308. The lowest BCUT2D eigenvalue weighted by Gasteiger charge is -2.04. The molecule has 0 atom stereocenters. The Labute approximate surface area is 136 Å². The van der Waals surface area contributed by atoms with Gasteiger partial charge in [-0.2, -0.15) is 0 Å². The van der Waals surface area contributed by atoms with Crippen LogP contribution in [0, 0.1) is 5.92 Å². The maximum absolute atomic E-state index is 11.8. The fourth-order valence-corrected chi connectivity index (χ4v) is 3.30. The molecule has 2 N–H and O–H groups in total. The van der Waals surface area contributed by atoms with E-state index in [1.54, 1.807) is 36.0 Å². The van der Waals surface area contributed by atoms with Crippen LogP contribution in [-0.2, 0) is 0 Å². The Hall–Kier alpha value is -1.31. The molecular weight excluding hydrogens is 328 g/mol. The molecule has 2 aromatic rings. The van der Waals surface area contributed by atoms with Crippen LogP contribution in [0.2, 0.25) is 5.02 Å². The average molecular weight is 343 g/mol. The molecule has 5 nitrogen and oxygen atoms in total. The molecule has 0 spiro atoms. The highest BCUT2D eigenvalue weighted by atomic mass is 35.5. The summed E-state index contributed by atoms with van der Waals surface area (Å²) in [6.07, 6.45) is 0. The molecule has 0 fully saturated rings. The maximum Gasteiger partial charge on any atom is 0.325 e. The Morgan fingerprint density at radius 3 is 2.90 bits per heavy atom. The van der Waals surface area contributed by atoms with Crippen molar-refractivity contribution >= 4 is 51.5 Å². The number of rotatable bonds is 5. The predicted octanol–water partition coefficient (Wildman–Crippen LogP) is 4.58. The fourth-order valence-electron chi connectivity index (χ4n) is 1.38. The molecule has 112 valence electrons. The topological polar surface area (TPSA) is 66.9 Å². The molecule has 1 aromatic carbocycles. The largest absolute Gasteiger partial charge is 0.325 e. The molecule has 0 radical (unpaired) electrons. The summed E-state index contributed by atoms with van der Waals surface area (Å²) < 4.78 is 0.849. The van der Waals surface area contributed by atoms with Crippen molar-refractivity contribution in [1.82, 2.24) is 10.2 Å². The van der Waals surface area contributed by atoms with Gasteiger partial charge in [-0.05, 0) is 24.1 Å². The molecule has 0 unspecified atom stereocenters. The first-order valence-electron chi connectivity index (χ1n) is 6.33. The molecule has 1 heterocycles. The van der Waals surface area contributed by atoms with E-state index in [1.165, 1.54) is 11.3 Å². The summed E-state index contributed by atoms with van der Waals surface area (Å²) in [7, 11) is 0. The first-order chi connectivity index (χ1) is 10.0. The first kappa shape index (κ1) is 16.1. The van der Waals surface area contributed by atoms with Crippen molar-refractivity contribution in [2.45, 2.75) is 18.2 Å². The number of amides is 2. The second-order valence-corrected chi connectivity index (χ2v) is 7.35. The van der Waals surface area contributed by atoms with E-state index in [1.807, 2.05) is 0 Å². The van der Waals surface area contributed by atoms with Gasteiger partial charge in [0.2, 0.25) is 5.13 Å². The minimum atomic E-state index is -0.367. The Morgan fingerprint density at radius 2 is 2.19 bits per heavy atom. The Balaban J connectivity index is 1.88. The third-order valence-electron chi connectivity index (χ3n) is 2.25. The Bertz CT molecular complexity index is 618. The van der Waals surface area contributed by atoms with Crippen molar-refractivity contribution in [2.75, 3.05) is 16.4 Å². The summed E-state index contributed by atoms with van der Waals surface area (Å²) in [5.74, 6) is 1.56. The zero-order valence-corrected chi connectivity index (χ0v) is 14.0. The molecule has 21 heavy (non-hydrogen) atoms. The molecule has 0 saturated heterocycles. The summed E-state index contributed by atoms with van der Waals surface area (Å²) in [6, 6.07) is 6.58. The van der Waals surface area contributed by atoms with Gasteiger partial charge in [-0.25, -0.2) is 4.79 Å². The van der Waals surface area contributed by atoms with Gasteiger partial charge in [-0.1, -0.05) is 54.6 Å². The average Bonchev–Trinajstić information content (AvgIpc) is 2.83. The van der Waals surface area contributed by atoms with E-state index >= 15 is 0 Å². The van der Waals surface area contributed by atoms with Crippen molar-refractivity contribution in [2.24, 2.45) is 5.92 Å². The van der Waals surface area contributed by atoms with Crippen LogP contribution in [0.15, 0.2) is 28.6 Å². The van der Waals surface area contributed by atoms with Gasteiger partial charge < -0.3 is 5.32 Å². The molecule has 0 aliphatic heterocycles. The van der Waals surface area contributed by atoms with E-state index in [0.29, 0.717) is 21.8 Å². The molecule has 0 aliphatic rings. The monoisotopic (exact) mass is 342 g/mol. The van der Waals surface area contributed by atoms with E-state index in [4.69, 9.17) is 11.6 Å². The number of nitrogens with zero attached hydrogens (tertiary/aromatic N) is 2. The van der Waals surface area contributed by atoms with E-state index in [0.717, 1.165) is 10.1 Å². The second-order valence-electron chi connectivity index (χ2n) is 4.67. The Kier molecular flexibility index (Phi) is 5.84. The quantitative estimate of drug-likeness (QED) is 0.616. The van der Waals surface area contributed by atoms with Gasteiger partial charge in [-0.3, -0.25) is 5.32 Å². The molecule has 2 amide bonds. The van der Waals surface area contributed by atoms with Gasteiger partial charge in [-0.15, -0.1) is 10.2 Å². The summed E-state index contributed by atoms with van der Waals surface area (Å²) in [5.41, 5.74) is 0.624. The number of urea groups is 1. The van der Waals surface area contributed by atoms with Gasteiger partial charge in [0.05, 0.1) is 0 Å². The van der Waals surface area contributed by atoms with E-state index in [2.05, 4.69) is 34.7 Å². The van der Waals surface area contributed by atoms with Gasteiger partial charge in [0.25, 0.3) is 0 Å². The SMILES string of the molecule is CC(C)CSc1nnc(NC(=O)Nc2cccc(Cl)c2)s1. The number of hydrogen-bond donors (Lipinski definition) is 2. The highest BCUT2D eigenvalue weighted by Gasteiger charge is 2.09. The number of aromatic nitrogens is 2. The van der Waals surface area contributed by atoms with Gasteiger partial charge in [0, 0.05) is 16.5 Å². The lowest BCUT2D eigenvalue weighted by molar-refractivity contribution is 0.262. The third-order valence-corrected chi connectivity index (χ3v) is 4.88. The smallest absolute Gasteiger partial charge is 0.308 e. The molecule has 2 rings (SSSR count). The molecular formula is C13H15ClN4OS2. The summed E-state index contributed by atoms with van der Waals surface area (Å²) in [5, 5.41) is 14.4. The zero-order chi connectivity index (χ0) is 15.2. The summed E-state index contributed by atoms with van der Waals surface area (Å²) in [6.45, 7) is 4.29. The highest BCUT2D eigenvalue weighted by Crippen LogP contribution is 2.27. The number of hydrogen-bond acceptors (Lipinski definition) is 5. The van der Waals surface area contributed by atoms with E-state index in [-0.39, 0.29) is 6.03 Å². The third kappa shape index (κ3) is 5.53. The predicted molar refractivity (Wildman–Crippen MR) is 89.6 cm³/mol. The number of halogens is 1. The minimum Gasteiger partial charge on any atom is -0.308 e. The summed E-state index contributed by atoms with van der Waals surface area (Å²) >= 11 is 8.86. The Morgan fingerprint density at radius 1 is 1.38 bits per heavy atom. The number of anilines is 2. The zero-order valence-electron chi connectivity index (χ0n) is 11.6. The van der Waals surface area contributed by atoms with Crippen molar-refractivity contribution in [1.29, 1.82) is 0 Å². The van der Waals surface area contributed by atoms with Gasteiger partial charge in [0.1, 0.15) is 0 Å². The van der Waals surface area contributed by atoms with E-state index in [9.17, 15) is 4.79 Å². The molecule has 0 aliphatic carbocycles. The van der Waals surface area contributed by atoms with Crippen molar-refractivity contribution in [3.05, 3.63) is 29.3 Å². The number of carbonyl (C=O) groups excluding carboxylic acids is 1. The standard InChI is InChI=1S/C13H15ClN4OS2/c1-8(2)7-20-13-18-17-12(21-13)16-11(19)15-10-5-3-4-9(14)6-10/h3-6,8H,7H2,1-2H3,(H2,15,16,17,19). The lowest BCUT2D eigenvalue weighted by Crippen LogP contribution is -2.19. The first-order valence-corrected chi connectivity index (χ1v) is 8.51. The van der Waals surface area contributed by atoms with Crippen LogP contribution in [0.4, 0.5) is 15.6 Å². The second kappa shape index (κ2) is 7.63. The number of carbonyl (C=O) groups is 1. The van der Waals surface area contributed by atoms with Crippen LogP contribution < -0.4 is 10.6 Å². The van der Waals surface area contributed by atoms with Gasteiger partial charge >= 0.3 is 6.03 Å². The normalized spacial score (nSPS) is 10.7. The lowest BCUT2D eigenvalue weighted by atomic mass is 10.3. The van der Waals surface area contributed by atoms with Crippen LogP contribution in [0.1, 0.15) is 13.8 Å². The number of benzene rings is 1. The molecule has 1 aromatic heterocycles. The van der Waals surface area contributed by atoms with Crippen molar-refractivity contribution in [3.63, 3.8) is 0 Å². The van der Waals surface area contributed by atoms with Crippen molar-refractivity contribution < 1.29 is 4.79 Å². The molecule has 0 bridgehead atoms.